The molecule has 0 saturated heterocycles. The predicted octanol–water partition coefficient (Wildman–Crippen LogP) is 3.01. The first kappa shape index (κ1) is 15.4. The molecule has 0 amide bonds. The number of hydrogen-bond acceptors (Lipinski definition) is 6. The lowest BCUT2D eigenvalue weighted by Gasteiger charge is -2.09. The molecule has 1 N–H and O–H groups in total. The van der Waals surface area contributed by atoms with Gasteiger partial charge in [0, 0.05) is 5.69 Å². The third kappa shape index (κ3) is 3.49. The zero-order chi connectivity index (χ0) is 16.3. The molecule has 0 spiro atoms. The van der Waals surface area contributed by atoms with Gasteiger partial charge in [-0.3, -0.25) is 4.72 Å². The first-order valence-corrected chi connectivity index (χ1v) is 8.89. The molecule has 0 aliphatic heterocycles. The van der Waals surface area contributed by atoms with Crippen molar-refractivity contribution >= 4 is 27.2 Å². The second-order valence-electron chi connectivity index (χ2n) is 4.64. The third-order valence-corrected chi connectivity index (χ3v) is 5.26. The molecule has 0 radical (unpaired) electrons. The fourth-order valence-electron chi connectivity index (χ4n) is 1.97. The molecule has 6 nitrogen and oxygen atoms in total. The van der Waals surface area contributed by atoms with Gasteiger partial charge >= 0.3 is 0 Å². The van der Waals surface area contributed by atoms with E-state index in [2.05, 4.69) is 14.3 Å². The van der Waals surface area contributed by atoms with E-state index >= 15 is 0 Å². The zero-order valence-electron chi connectivity index (χ0n) is 12.1. The highest BCUT2D eigenvalue weighted by Crippen LogP contribution is 2.24. The molecule has 2 aromatic carbocycles. The number of rotatable bonds is 5. The summed E-state index contributed by atoms with van der Waals surface area (Å²) < 4.78 is 36.1. The first-order valence-electron chi connectivity index (χ1n) is 6.63. The summed E-state index contributed by atoms with van der Waals surface area (Å²) in [7, 11) is -2.10. The van der Waals surface area contributed by atoms with E-state index in [9.17, 15) is 8.42 Å². The topological polar surface area (TPSA) is 81.2 Å². The van der Waals surface area contributed by atoms with Crippen molar-refractivity contribution in [1.82, 2.24) is 9.59 Å². The molecule has 0 fully saturated rings. The normalized spacial score (nSPS) is 11.2. The van der Waals surface area contributed by atoms with E-state index < -0.39 is 10.0 Å². The number of ether oxygens (including phenoxy) is 1. The number of nitrogens with one attached hydrogen (secondary N) is 1. The molecule has 0 aliphatic carbocycles. The SMILES string of the molecule is COc1ccc(S(=O)(=O)Nc2ccc(-c3cnns3)cc2)cc1. The number of sulfonamides is 1. The molecule has 0 bridgehead atoms. The van der Waals surface area contributed by atoms with Gasteiger partial charge in [0.05, 0.1) is 23.1 Å². The van der Waals surface area contributed by atoms with Crippen LogP contribution in [0.4, 0.5) is 5.69 Å². The van der Waals surface area contributed by atoms with E-state index in [1.165, 1.54) is 30.8 Å². The highest BCUT2D eigenvalue weighted by atomic mass is 32.2. The lowest BCUT2D eigenvalue weighted by atomic mass is 10.2. The summed E-state index contributed by atoms with van der Waals surface area (Å²) >= 11 is 1.28. The average Bonchev–Trinajstić information content (AvgIpc) is 3.10. The monoisotopic (exact) mass is 347 g/mol. The summed E-state index contributed by atoms with van der Waals surface area (Å²) in [4.78, 5) is 1.10. The number of methoxy groups -OCH3 is 1. The minimum atomic E-state index is -3.63. The number of hydrogen-bond donors (Lipinski definition) is 1. The van der Waals surface area contributed by atoms with Crippen LogP contribution in [0.15, 0.2) is 59.6 Å². The van der Waals surface area contributed by atoms with Crippen molar-refractivity contribution in [2.24, 2.45) is 0 Å². The fourth-order valence-corrected chi connectivity index (χ4v) is 3.54. The molecule has 118 valence electrons. The minimum absolute atomic E-state index is 0.175. The second-order valence-corrected chi connectivity index (χ2v) is 7.11. The van der Waals surface area contributed by atoms with Crippen LogP contribution in [-0.2, 0) is 10.0 Å². The summed E-state index contributed by atoms with van der Waals surface area (Å²) in [6, 6.07) is 13.3. The van der Waals surface area contributed by atoms with Gasteiger partial charge in [0.1, 0.15) is 5.75 Å². The Morgan fingerprint density at radius 3 is 2.30 bits per heavy atom. The Balaban J connectivity index is 1.79. The van der Waals surface area contributed by atoms with Crippen LogP contribution in [0.2, 0.25) is 0 Å². The van der Waals surface area contributed by atoms with Crippen molar-refractivity contribution in [3.05, 3.63) is 54.7 Å². The Hall–Kier alpha value is -2.45. The minimum Gasteiger partial charge on any atom is -0.497 e. The zero-order valence-corrected chi connectivity index (χ0v) is 13.8. The van der Waals surface area contributed by atoms with Crippen LogP contribution in [0.3, 0.4) is 0 Å². The van der Waals surface area contributed by atoms with Crippen molar-refractivity contribution in [1.29, 1.82) is 0 Å². The molecule has 1 aromatic heterocycles. The van der Waals surface area contributed by atoms with Crippen LogP contribution in [0.5, 0.6) is 5.75 Å². The molecule has 3 aromatic rings. The molecular formula is C15H13N3O3S2. The molecule has 0 atom stereocenters. The molecule has 23 heavy (non-hydrogen) atoms. The fraction of sp³-hybridized carbons (Fsp3) is 0.0667. The number of anilines is 1. The maximum Gasteiger partial charge on any atom is 0.261 e. The van der Waals surface area contributed by atoms with E-state index in [4.69, 9.17) is 4.74 Å². The molecular weight excluding hydrogens is 334 g/mol. The highest BCUT2D eigenvalue weighted by molar-refractivity contribution is 7.92. The van der Waals surface area contributed by atoms with Gasteiger partial charge in [-0.05, 0) is 53.5 Å². The Morgan fingerprint density at radius 2 is 1.74 bits per heavy atom. The van der Waals surface area contributed by atoms with E-state index in [0.29, 0.717) is 11.4 Å². The predicted molar refractivity (Wildman–Crippen MR) is 89.1 cm³/mol. The lowest BCUT2D eigenvalue weighted by molar-refractivity contribution is 0.414. The number of nitrogens with zero attached hydrogens (tertiary/aromatic N) is 2. The molecule has 8 heteroatoms. The van der Waals surface area contributed by atoms with Gasteiger partial charge in [-0.2, -0.15) is 0 Å². The van der Waals surface area contributed by atoms with E-state index in [-0.39, 0.29) is 4.90 Å². The van der Waals surface area contributed by atoms with Gasteiger partial charge in [-0.1, -0.05) is 16.6 Å². The summed E-state index contributed by atoms with van der Waals surface area (Å²) in [6.45, 7) is 0. The highest BCUT2D eigenvalue weighted by Gasteiger charge is 2.14. The van der Waals surface area contributed by atoms with Crippen LogP contribution in [0, 0.1) is 0 Å². The van der Waals surface area contributed by atoms with Gasteiger partial charge in [-0.25, -0.2) is 8.42 Å². The third-order valence-electron chi connectivity index (χ3n) is 3.15. The number of benzene rings is 2. The Bertz CT molecular complexity index is 875. The Morgan fingerprint density at radius 1 is 1.04 bits per heavy atom. The van der Waals surface area contributed by atoms with Gasteiger partial charge in [0.25, 0.3) is 10.0 Å². The van der Waals surface area contributed by atoms with Crippen molar-refractivity contribution in [2.75, 3.05) is 11.8 Å². The smallest absolute Gasteiger partial charge is 0.261 e. The Labute approximate surface area is 138 Å². The van der Waals surface area contributed by atoms with Crippen molar-refractivity contribution in [2.45, 2.75) is 4.90 Å². The van der Waals surface area contributed by atoms with Gasteiger partial charge in [0.15, 0.2) is 0 Å². The average molecular weight is 347 g/mol. The van der Waals surface area contributed by atoms with Crippen molar-refractivity contribution < 1.29 is 13.2 Å². The van der Waals surface area contributed by atoms with Crippen molar-refractivity contribution in [3.63, 3.8) is 0 Å². The van der Waals surface area contributed by atoms with Gasteiger partial charge < -0.3 is 4.74 Å². The summed E-state index contributed by atoms with van der Waals surface area (Å²) in [5, 5.41) is 3.78. The number of aromatic nitrogens is 2. The quantitative estimate of drug-likeness (QED) is 0.767. The molecule has 1 heterocycles. The molecule has 0 saturated carbocycles. The Kier molecular flexibility index (Phi) is 4.26. The molecule has 3 rings (SSSR count). The largest absolute Gasteiger partial charge is 0.497 e. The van der Waals surface area contributed by atoms with Crippen LogP contribution in [-0.4, -0.2) is 25.1 Å². The lowest BCUT2D eigenvalue weighted by Crippen LogP contribution is -2.12. The van der Waals surface area contributed by atoms with Crippen molar-refractivity contribution in [3.8, 4) is 16.2 Å². The first-order chi connectivity index (χ1) is 11.1. The van der Waals surface area contributed by atoms with Gasteiger partial charge in [0.2, 0.25) is 0 Å². The van der Waals surface area contributed by atoms with Crippen LogP contribution >= 0.6 is 11.5 Å². The van der Waals surface area contributed by atoms with E-state index in [1.807, 2.05) is 12.1 Å². The second kappa shape index (κ2) is 6.35. The van der Waals surface area contributed by atoms with Crippen LogP contribution in [0.25, 0.3) is 10.4 Å². The molecule has 0 aliphatic rings. The summed E-state index contributed by atoms with van der Waals surface area (Å²) in [5.41, 5.74) is 1.43. The van der Waals surface area contributed by atoms with Gasteiger partial charge in [-0.15, -0.1) is 5.10 Å². The standard InChI is InChI=1S/C15H13N3O3S2/c1-21-13-6-8-14(9-7-13)23(19,20)17-12-4-2-11(3-5-12)15-10-16-18-22-15/h2-10,17H,1H3. The van der Waals surface area contributed by atoms with E-state index in [0.717, 1.165) is 10.4 Å². The van der Waals surface area contributed by atoms with E-state index in [1.54, 1.807) is 30.5 Å². The summed E-state index contributed by atoms with van der Waals surface area (Å²) in [6.07, 6.45) is 1.67. The van der Waals surface area contributed by atoms with Crippen LogP contribution in [0.1, 0.15) is 0 Å². The maximum absolute atomic E-state index is 12.3. The maximum atomic E-state index is 12.3. The van der Waals surface area contributed by atoms with Crippen LogP contribution < -0.4 is 9.46 Å². The molecule has 0 unspecified atom stereocenters. The summed E-state index contributed by atoms with van der Waals surface area (Å²) in [5.74, 6) is 0.603.